The molecule has 0 amide bonds. The lowest BCUT2D eigenvalue weighted by Crippen LogP contribution is -2.10. The molecule has 0 aliphatic heterocycles. The molecule has 0 aliphatic carbocycles. The topological polar surface area (TPSA) is 71.4 Å². The monoisotopic (exact) mass is 270 g/mol. The lowest BCUT2D eigenvalue weighted by Gasteiger charge is -2.06. The predicted molar refractivity (Wildman–Crippen MR) is 69.4 cm³/mol. The summed E-state index contributed by atoms with van der Waals surface area (Å²) in [5.41, 5.74) is 0.520. The van der Waals surface area contributed by atoms with Crippen LogP contribution < -0.4 is 0 Å². The third-order valence-electron chi connectivity index (χ3n) is 2.59. The molecule has 1 rings (SSSR count). The van der Waals surface area contributed by atoms with Gasteiger partial charge in [-0.2, -0.15) is 0 Å². The zero-order valence-corrected chi connectivity index (χ0v) is 11.4. The molecule has 1 aromatic carbocycles. The second-order valence-corrected chi connectivity index (χ2v) is 6.55. The highest BCUT2D eigenvalue weighted by Gasteiger charge is 2.15. The molecule has 18 heavy (non-hydrogen) atoms. The van der Waals surface area contributed by atoms with Crippen LogP contribution in [0.1, 0.15) is 30.6 Å². The van der Waals surface area contributed by atoms with E-state index in [0.29, 0.717) is 5.56 Å². The second-order valence-electron chi connectivity index (χ2n) is 4.44. The van der Waals surface area contributed by atoms with Crippen LogP contribution >= 0.6 is 0 Å². The average molecular weight is 270 g/mol. The van der Waals surface area contributed by atoms with E-state index in [-0.39, 0.29) is 35.4 Å². The number of carbonyl (C=O) groups is 1. The first-order chi connectivity index (χ1) is 8.38. The number of sulfone groups is 1. The van der Waals surface area contributed by atoms with Gasteiger partial charge in [0.15, 0.2) is 15.6 Å². The van der Waals surface area contributed by atoms with Crippen LogP contribution in [0.2, 0.25) is 0 Å². The van der Waals surface area contributed by atoms with Gasteiger partial charge in [0.25, 0.3) is 0 Å². The summed E-state index contributed by atoms with van der Waals surface area (Å²) in [5, 5.41) is 8.65. The fourth-order valence-electron chi connectivity index (χ4n) is 1.53. The number of Topliss-reactive ketones (excluding diaryl/α,β-unsaturated/α-hetero) is 1. The number of carbonyl (C=O) groups excluding carboxylic acids is 1. The standard InChI is InChI=1S/C13H18O4S/c1-10(2)13(15)11-4-6-12(7-5-11)18(16,17)9-3-8-14/h4-7,10,14H,3,8-9H2,1-2H3. The second kappa shape index (κ2) is 6.11. The fraction of sp³-hybridized carbons (Fsp3) is 0.462. The maximum Gasteiger partial charge on any atom is 0.178 e. The molecule has 0 saturated heterocycles. The normalized spacial score (nSPS) is 11.8. The van der Waals surface area contributed by atoms with Crippen molar-refractivity contribution in [1.82, 2.24) is 0 Å². The third-order valence-corrected chi connectivity index (χ3v) is 4.41. The number of hydrogen-bond donors (Lipinski definition) is 1. The van der Waals surface area contributed by atoms with Crippen LogP contribution in [-0.2, 0) is 9.84 Å². The molecule has 0 saturated carbocycles. The summed E-state index contributed by atoms with van der Waals surface area (Å²) in [4.78, 5) is 11.9. The fourth-order valence-corrected chi connectivity index (χ4v) is 2.83. The van der Waals surface area contributed by atoms with Crippen molar-refractivity contribution in [2.24, 2.45) is 5.92 Å². The Balaban J connectivity index is 2.93. The Morgan fingerprint density at radius 1 is 1.22 bits per heavy atom. The SMILES string of the molecule is CC(C)C(=O)c1ccc(S(=O)(=O)CCCO)cc1. The van der Waals surface area contributed by atoms with Gasteiger partial charge in [0.2, 0.25) is 0 Å². The minimum Gasteiger partial charge on any atom is -0.396 e. The third kappa shape index (κ3) is 3.65. The molecular formula is C13H18O4S. The van der Waals surface area contributed by atoms with E-state index < -0.39 is 9.84 Å². The molecule has 0 heterocycles. The molecule has 0 unspecified atom stereocenters. The van der Waals surface area contributed by atoms with Crippen molar-refractivity contribution in [1.29, 1.82) is 0 Å². The molecule has 0 bridgehead atoms. The molecule has 0 fully saturated rings. The number of aliphatic hydroxyl groups excluding tert-OH is 1. The van der Waals surface area contributed by atoms with Gasteiger partial charge in [0.05, 0.1) is 10.6 Å². The number of rotatable bonds is 6. The lowest BCUT2D eigenvalue weighted by molar-refractivity contribution is 0.0939. The van der Waals surface area contributed by atoms with E-state index in [1.165, 1.54) is 24.3 Å². The Kier molecular flexibility index (Phi) is 5.04. The first kappa shape index (κ1) is 14.9. The number of ketones is 1. The molecule has 5 heteroatoms. The Labute approximate surface area is 108 Å². The Morgan fingerprint density at radius 2 is 1.78 bits per heavy atom. The summed E-state index contributed by atoms with van der Waals surface area (Å²) in [5.74, 6) is -0.197. The summed E-state index contributed by atoms with van der Waals surface area (Å²) in [7, 11) is -3.36. The molecule has 4 nitrogen and oxygen atoms in total. The Bertz CT molecular complexity index is 500. The van der Waals surface area contributed by atoms with E-state index in [0.717, 1.165) is 0 Å². The number of benzene rings is 1. The largest absolute Gasteiger partial charge is 0.396 e. The van der Waals surface area contributed by atoms with Gasteiger partial charge in [-0.25, -0.2) is 8.42 Å². The van der Waals surface area contributed by atoms with Gasteiger partial charge < -0.3 is 5.11 Å². The Hall–Kier alpha value is -1.20. The van der Waals surface area contributed by atoms with Gasteiger partial charge in [-0.15, -0.1) is 0 Å². The van der Waals surface area contributed by atoms with Gasteiger partial charge in [0, 0.05) is 18.1 Å². The summed E-state index contributed by atoms with van der Waals surface area (Å²) in [6.07, 6.45) is 0.217. The minimum atomic E-state index is -3.36. The highest BCUT2D eigenvalue weighted by molar-refractivity contribution is 7.91. The smallest absolute Gasteiger partial charge is 0.178 e. The summed E-state index contributed by atoms with van der Waals surface area (Å²) in [6.45, 7) is 3.45. The number of hydrogen-bond acceptors (Lipinski definition) is 4. The lowest BCUT2D eigenvalue weighted by atomic mass is 10.0. The molecule has 0 spiro atoms. The van der Waals surface area contributed by atoms with E-state index in [1.807, 2.05) is 0 Å². The van der Waals surface area contributed by atoms with Crippen LogP contribution in [0.4, 0.5) is 0 Å². The van der Waals surface area contributed by atoms with Crippen LogP contribution in [0.25, 0.3) is 0 Å². The molecule has 100 valence electrons. The molecule has 1 N–H and O–H groups in total. The van der Waals surface area contributed by atoms with Crippen molar-refractivity contribution in [3.63, 3.8) is 0 Å². The molecule has 0 aliphatic rings. The van der Waals surface area contributed by atoms with Crippen molar-refractivity contribution in [3.05, 3.63) is 29.8 Å². The first-order valence-corrected chi connectivity index (χ1v) is 7.51. The molecule has 0 radical (unpaired) electrons. The maximum atomic E-state index is 11.8. The maximum absolute atomic E-state index is 11.8. The zero-order chi connectivity index (χ0) is 13.8. The molecule has 0 atom stereocenters. The predicted octanol–water partition coefficient (Wildman–Crippen LogP) is 1.68. The van der Waals surface area contributed by atoms with Crippen molar-refractivity contribution >= 4 is 15.6 Å². The van der Waals surface area contributed by atoms with E-state index in [2.05, 4.69) is 0 Å². The quantitative estimate of drug-likeness (QED) is 0.798. The van der Waals surface area contributed by atoms with Crippen molar-refractivity contribution in [3.8, 4) is 0 Å². The van der Waals surface area contributed by atoms with Crippen LogP contribution in [0.3, 0.4) is 0 Å². The molecule has 0 aromatic heterocycles. The van der Waals surface area contributed by atoms with Gasteiger partial charge >= 0.3 is 0 Å². The zero-order valence-electron chi connectivity index (χ0n) is 10.6. The first-order valence-electron chi connectivity index (χ1n) is 5.86. The highest BCUT2D eigenvalue weighted by atomic mass is 32.2. The average Bonchev–Trinajstić information content (AvgIpc) is 2.35. The Morgan fingerprint density at radius 3 is 2.22 bits per heavy atom. The van der Waals surface area contributed by atoms with Crippen LogP contribution in [-0.4, -0.2) is 31.7 Å². The summed E-state index contributed by atoms with van der Waals surface area (Å²) in [6, 6.07) is 5.97. The van der Waals surface area contributed by atoms with Crippen LogP contribution in [0.15, 0.2) is 29.2 Å². The van der Waals surface area contributed by atoms with E-state index in [9.17, 15) is 13.2 Å². The molecular weight excluding hydrogens is 252 g/mol. The van der Waals surface area contributed by atoms with Crippen molar-refractivity contribution in [2.45, 2.75) is 25.2 Å². The van der Waals surface area contributed by atoms with Gasteiger partial charge in [-0.05, 0) is 18.6 Å². The molecule has 1 aromatic rings. The van der Waals surface area contributed by atoms with E-state index >= 15 is 0 Å². The van der Waals surface area contributed by atoms with Crippen LogP contribution in [0.5, 0.6) is 0 Å². The van der Waals surface area contributed by atoms with Gasteiger partial charge in [0.1, 0.15) is 0 Å². The van der Waals surface area contributed by atoms with Gasteiger partial charge in [-0.3, -0.25) is 4.79 Å². The van der Waals surface area contributed by atoms with Crippen molar-refractivity contribution < 1.29 is 18.3 Å². The van der Waals surface area contributed by atoms with Crippen molar-refractivity contribution in [2.75, 3.05) is 12.4 Å². The summed E-state index contributed by atoms with van der Waals surface area (Å²) < 4.78 is 23.6. The summed E-state index contributed by atoms with van der Waals surface area (Å²) >= 11 is 0. The van der Waals surface area contributed by atoms with E-state index in [1.54, 1.807) is 13.8 Å². The van der Waals surface area contributed by atoms with Crippen LogP contribution in [0, 0.1) is 5.92 Å². The number of aliphatic hydroxyl groups is 1. The van der Waals surface area contributed by atoms with E-state index in [4.69, 9.17) is 5.11 Å². The minimum absolute atomic E-state index is 0.00527. The van der Waals surface area contributed by atoms with Gasteiger partial charge in [-0.1, -0.05) is 26.0 Å². The highest BCUT2D eigenvalue weighted by Crippen LogP contribution is 2.15.